The minimum atomic E-state index is -4.55. The molecule has 1 aromatic heterocycles. The van der Waals surface area contributed by atoms with Crippen LogP contribution in [0.3, 0.4) is 0 Å². The summed E-state index contributed by atoms with van der Waals surface area (Å²) >= 11 is 0. The number of hydrogen-bond acceptors (Lipinski definition) is 4. The second kappa shape index (κ2) is 8.27. The first kappa shape index (κ1) is 21.3. The van der Waals surface area contributed by atoms with Crippen molar-refractivity contribution in [3.8, 4) is 11.3 Å². The number of aromatic nitrogens is 2. The van der Waals surface area contributed by atoms with Crippen LogP contribution in [-0.2, 0) is 12.7 Å². The van der Waals surface area contributed by atoms with Crippen molar-refractivity contribution in [3.05, 3.63) is 99.8 Å². The highest BCUT2D eigenvalue weighted by molar-refractivity contribution is 5.93. The molecule has 32 heavy (non-hydrogen) atoms. The van der Waals surface area contributed by atoms with Crippen LogP contribution in [0.4, 0.5) is 13.2 Å². The van der Waals surface area contributed by atoms with E-state index in [0.29, 0.717) is 11.1 Å². The van der Waals surface area contributed by atoms with Gasteiger partial charge in [0.25, 0.3) is 11.5 Å². The Balaban J connectivity index is 1.89. The molecule has 0 fully saturated rings. The maximum absolute atomic E-state index is 13.3. The number of nitrogens with zero attached hydrogens (tertiary/aromatic N) is 2. The number of carbonyl (C=O) groups excluding carboxylic acids is 1. The molecule has 0 saturated carbocycles. The molecule has 9 heteroatoms. The van der Waals surface area contributed by atoms with Gasteiger partial charge in [0, 0.05) is 11.1 Å². The van der Waals surface area contributed by atoms with Gasteiger partial charge in [-0.2, -0.15) is 13.2 Å². The highest BCUT2D eigenvalue weighted by atomic mass is 19.4. The number of hydrogen-bond donors (Lipinski definition) is 2. The Bertz CT molecular complexity index is 1350. The highest BCUT2D eigenvalue weighted by Gasteiger charge is 2.31. The normalized spacial score (nSPS) is 11.5. The predicted octanol–water partition coefficient (Wildman–Crippen LogP) is 4.25. The van der Waals surface area contributed by atoms with Crippen molar-refractivity contribution < 1.29 is 23.2 Å². The van der Waals surface area contributed by atoms with Crippen LogP contribution in [0.15, 0.2) is 77.6 Å². The number of nitrogens with one attached hydrogen (secondary N) is 1. The third kappa shape index (κ3) is 4.10. The molecule has 2 N–H and O–H groups in total. The van der Waals surface area contributed by atoms with E-state index < -0.39 is 23.2 Å². The van der Waals surface area contributed by atoms with Crippen LogP contribution in [0, 0.1) is 0 Å². The Labute approximate surface area is 179 Å². The van der Waals surface area contributed by atoms with Gasteiger partial charge in [0.2, 0.25) is 0 Å². The fourth-order valence-corrected chi connectivity index (χ4v) is 3.37. The van der Waals surface area contributed by atoms with Crippen molar-refractivity contribution in [1.29, 1.82) is 0 Å². The summed E-state index contributed by atoms with van der Waals surface area (Å²) in [5.41, 5.74) is 1.87. The molecule has 0 aliphatic carbocycles. The summed E-state index contributed by atoms with van der Waals surface area (Å²) < 4.78 is 41.1. The molecule has 162 valence electrons. The summed E-state index contributed by atoms with van der Waals surface area (Å²) in [6, 6.07) is 17.7. The van der Waals surface area contributed by atoms with E-state index in [1.54, 1.807) is 42.5 Å². The summed E-state index contributed by atoms with van der Waals surface area (Å²) in [7, 11) is 0. The van der Waals surface area contributed by atoms with Crippen LogP contribution in [-0.4, -0.2) is 20.7 Å². The lowest BCUT2D eigenvalue weighted by molar-refractivity contribution is -0.137. The minimum Gasteiger partial charge on any atom is -0.300 e. The molecule has 0 spiro atoms. The van der Waals surface area contributed by atoms with Crippen molar-refractivity contribution in [2.75, 3.05) is 0 Å². The molecule has 0 aliphatic rings. The van der Waals surface area contributed by atoms with E-state index in [1.807, 2.05) is 0 Å². The quantitative estimate of drug-likeness (QED) is 0.368. The Kier molecular flexibility index (Phi) is 5.50. The number of rotatable bonds is 4. The molecule has 4 rings (SSSR count). The first-order valence-corrected chi connectivity index (χ1v) is 9.48. The fraction of sp³-hybridized carbons (Fsp3) is 0.0870. The monoisotopic (exact) mass is 439 g/mol. The molecule has 0 unspecified atom stereocenters. The number of alkyl halides is 3. The maximum Gasteiger partial charge on any atom is 0.416 e. The van der Waals surface area contributed by atoms with Crippen molar-refractivity contribution >= 4 is 16.9 Å². The van der Waals surface area contributed by atoms with Gasteiger partial charge in [-0.15, -0.1) is 0 Å². The van der Waals surface area contributed by atoms with Crippen molar-refractivity contribution in [2.24, 2.45) is 0 Å². The predicted molar refractivity (Wildman–Crippen MR) is 111 cm³/mol. The molecule has 0 saturated heterocycles. The number of hydroxylamine groups is 1. The smallest absolute Gasteiger partial charge is 0.300 e. The van der Waals surface area contributed by atoms with Crippen molar-refractivity contribution in [1.82, 2.24) is 15.0 Å². The zero-order valence-electron chi connectivity index (χ0n) is 16.4. The molecule has 1 heterocycles. The third-order valence-electron chi connectivity index (χ3n) is 4.98. The maximum atomic E-state index is 13.3. The van der Waals surface area contributed by atoms with Gasteiger partial charge >= 0.3 is 6.18 Å². The Morgan fingerprint density at radius 3 is 2.31 bits per heavy atom. The van der Waals surface area contributed by atoms with Gasteiger partial charge in [0.15, 0.2) is 0 Å². The van der Waals surface area contributed by atoms with Crippen LogP contribution < -0.4 is 11.0 Å². The zero-order valence-corrected chi connectivity index (χ0v) is 16.4. The molecule has 4 aromatic rings. The number of carbonyl (C=O) groups is 1. The standard InChI is InChI=1S/C23H16F3N3O3/c24-23(25,26)17-10-11-19-18(12-17)27-20(15-4-2-1-3-5-15)22(31)29(19)13-14-6-8-16(9-7-14)21(30)28-32/h1-12,32H,13H2,(H,28,30). The third-order valence-corrected chi connectivity index (χ3v) is 4.98. The second-order valence-electron chi connectivity index (χ2n) is 7.06. The highest BCUT2D eigenvalue weighted by Crippen LogP contribution is 2.31. The van der Waals surface area contributed by atoms with E-state index in [0.717, 1.165) is 12.1 Å². The average molecular weight is 439 g/mol. The first-order chi connectivity index (χ1) is 15.3. The van der Waals surface area contributed by atoms with E-state index in [-0.39, 0.29) is 28.8 Å². The number of benzene rings is 3. The average Bonchev–Trinajstić information content (AvgIpc) is 2.80. The largest absolute Gasteiger partial charge is 0.416 e. The summed E-state index contributed by atoms with van der Waals surface area (Å²) in [6.45, 7) is 0.0457. The molecule has 0 bridgehead atoms. The zero-order chi connectivity index (χ0) is 22.9. The number of fused-ring (bicyclic) bond motifs is 1. The minimum absolute atomic E-state index is 0.0358. The summed E-state index contributed by atoms with van der Waals surface area (Å²) in [4.78, 5) is 29.0. The Morgan fingerprint density at radius 2 is 1.69 bits per heavy atom. The lowest BCUT2D eigenvalue weighted by Gasteiger charge is -2.15. The molecular weight excluding hydrogens is 423 g/mol. The second-order valence-corrected chi connectivity index (χ2v) is 7.06. The van der Waals surface area contributed by atoms with Gasteiger partial charge in [-0.1, -0.05) is 42.5 Å². The lowest BCUT2D eigenvalue weighted by atomic mass is 10.1. The number of halogens is 3. The van der Waals surface area contributed by atoms with Gasteiger partial charge < -0.3 is 4.57 Å². The molecule has 3 aromatic carbocycles. The van der Waals surface area contributed by atoms with Crippen LogP contribution in [0.1, 0.15) is 21.5 Å². The Hall–Kier alpha value is -3.98. The summed E-state index contributed by atoms with van der Waals surface area (Å²) in [5, 5.41) is 8.73. The summed E-state index contributed by atoms with van der Waals surface area (Å²) in [5.74, 6) is -0.686. The SMILES string of the molecule is O=C(NO)c1ccc(Cn2c(=O)c(-c3ccccc3)nc3cc(C(F)(F)F)ccc32)cc1. The van der Waals surface area contributed by atoms with Gasteiger partial charge in [0.05, 0.1) is 23.1 Å². The molecule has 0 atom stereocenters. The molecular formula is C23H16F3N3O3. The fourth-order valence-electron chi connectivity index (χ4n) is 3.37. The van der Waals surface area contributed by atoms with Crippen LogP contribution in [0.5, 0.6) is 0 Å². The van der Waals surface area contributed by atoms with E-state index >= 15 is 0 Å². The van der Waals surface area contributed by atoms with Gasteiger partial charge in [-0.25, -0.2) is 10.5 Å². The molecule has 1 amide bonds. The lowest BCUT2D eigenvalue weighted by Crippen LogP contribution is -2.24. The Morgan fingerprint density at radius 1 is 1.00 bits per heavy atom. The van der Waals surface area contributed by atoms with Crippen LogP contribution in [0.2, 0.25) is 0 Å². The van der Waals surface area contributed by atoms with Crippen molar-refractivity contribution in [2.45, 2.75) is 12.7 Å². The first-order valence-electron chi connectivity index (χ1n) is 9.48. The van der Waals surface area contributed by atoms with E-state index in [4.69, 9.17) is 5.21 Å². The van der Waals surface area contributed by atoms with Crippen LogP contribution in [0.25, 0.3) is 22.3 Å². The van der Waals surface area contributed by atoms with Gasteiger partial charge in [-0.3, -0.25) is 14.8 Å². The topological polar surface area (TPSA) is 84.2 Å². The molecule has 0 aliphatic heterocycles. The molecule has 6 nitrogen and oxygen atoms in total. The van der Waals surface area contributed by atoms with Crippen LogP contribution >= 0.6 is 0 Å². The van der Waals surface area contributed by atoms with E-state index in [1.165, 1.54) is 28.2 Å². The van der Waals surface area contributed by atoms with Gasteiger partial charge in [0.1, 0.15) is 5.69 Å². The number of amides is 1. The van der Waals surface area contributed by atoms with E-state index in [2.05, 4.69) is 4.98 Å². The van der Waals surface area contributed by atoms with Crippen molar-refractivity contribution in [3.63, 3.8) is 0 Å². The van der Waals surface area contributed by atoms with Gasteiger partial charge in [-0.05, 0) is 35.9 Å². The summed E-state index contributed by atoms with van der Waals surface area (Å²) in [6.07, 6.45) is -4.55. The van der Waals surface area contributed by atoms with E-state index in [9.17, 15) is 22.8 Å². The molecule has 0 radical (unpaired) electrons.